The Morgan fingerprint density at radius 1 is 1.10 bits per heavy atom. The number of methoxy groups -OCH3 is 1. The van der Waals surface area contributed by atoms with E-state index in [0.717, 1.165) is 0 Å². The van der Waals surface area contributed by atoms with E-state index in [0.29, 0.717) is 45.2 Å². The molecule has 2 aromatic carbocycles. The Morgan fingerprint density at radius 3 is 2.52 bits per heavy atom. The third-order valence-electron chi connectivity index (χ3n) is 5.73. The van der Waals surface area contributed by atoms with E-state index < -0.39 is 23.9 Å². The molecule has 0 spiro atoms. The van der Waals surface area contributed by atoms with Crippen LogP contribution in [0.3, 0.4) is 0 Å². The molecule has 1 heterocycles. The predicted molar refractivity (Wildman–Crippen MR) is 159 cm³/mol. The van der Waals surface area contributed by atoms with Crippen LogP contribution in [-0.2, 0) is 14.3 Å². The normalized spacial score (nSPS) is 14.8. The third-order valence-corrected chi connectivity index (χ3v) is 6.32. The van der Waals surface area contributed by atoms with Gasteiger partial charge in [0.25, 0.3) is 5.91 Å². The zero-order valence-corrected chi connectivity index (χ0v) is 25.9. The zero-order valence-electron chi connectivity index (χ0n) is 24.3. The molecular formula is C29H35BrN4O8. The fourth-order valence-electron chi connectivity index (χ4n) is 4.04. The number of benzene rings is 2. The Morgan fingerprint density at radius 2 is 1.86 bits per heavy atom. The second-order valence-corrected chi connectivity index (χ2v) is 10.1. The van der Waals surface area contributed by atoms with Crippen molar-refractivity contribution in [2.24, 2.45) is 5.10 Å². The Hall–Kier alpha value is -4.26. The van der Waals surface area contributed by atoms with Gasteiger partial charge in [-0.2, -0.15) is 5.10 Å². The maximum Gasteiger partial charge on any atom is 0.338 e. The second kappa shape index (κ2) is 15.1. The molecule has 2 aromatic rings. The summed E-state index contributed by atoms with van der Waals surface area (Å²) >= 11 is 3.50. The number of halogens is 1. The van der Waals surface area contributed by atoms with Crippen molar-refractivity contribution in [2.45, 2.75) is 46.8 Å². The molecule has 0 radical (unpaired) electrons. The van der Waals surface area contributed by atoms with Crippen molar-refractivity contribution in [1.29, 1.82) is 0 Å². The van der Waals surface area contributed by atoms with Gasteiger partial charge in [0, 0.05) is 5.70 Å². The molecule has 3 amide bonds. The summed E-state index contributed by atoms with van der Waals surface area (Å²) in [5.41, 5.74) is 4.32. The minimum Gasteiger partial charge on any atom is -0.493 e. The third kappa shape index (κ3) is 8.38. The first-order chi connectivity index (χ1) is 20.1. The van der Waals surface area contributed by atoms with Crippen LogP contribution in [0.2, 0.25) is 0 Å². The van der Waals surface area contributed by atoms with Gasteiger partial charge in [-0.05, 0) is 85.9 Å². The lowest BCUT2D eigenvalue weighted by Gasteiger charge is -2.28. The van der Waals surface area contributed by atoms with Crippen LogP contribution in [0.5, 0.6) is 23.0 Å². The Labute approximate surface area is 252 Å². The molecule has 0 unspecified atom stereocenters. The number of ether oxygens (including phenoxy) is 5. The van der Waals surface area contributed by atoms with E-state index in [4.69, 9.17) is 23.7 Å². The molecule has 42 heavy (non-hydrogen) atoms. The molecule has 3 N–H and O–H groups in total. The van der Waals surface area contributed by atoms with Gasteiger partial charge < -0.3 is 34.3 Å². The predicted octanol–water partition coefficient (Wildman–Crippen LogP) is 4.36. The average Bonchev–Trinajstić information content (AvgIpc) is 2.93. The number of carbonyl (C=O) groups excluding carboxylic acids is 3. The number of carbonyl (C=O) groups is 3. The van der Waals surface area contributed by atoms with Gasteiger partial charge in [-0.3, -0.25) is 4.79 Å². The maximum absolute atomic E-state index is 12.6. The monoisotopic (exact) mass is 646 g/mol. The van der Waals surface area contributed by atoms with Crippen molar-refractivity contribution in [3.63, 3.8) is 0 Å². The fraction of sp³-hybridized carbons (Fsp3) is 0.379. The number of allylic oxidation sites excluding steroid dienone is 1. The lowest BCUT2D eigenvalue weighted by atomic mass is 9.95. The van der Waals surface area contributed by atoms with Crippen LogP contribution in [0.15, 0.2) is 51.2 Å². The first-order valence-corrected chi connectivity index (χ1v) is 14.1. The van der Waals surface area contributed by atoms with Crippen LogP contribution in [0, 0.1) is 0 Å². The van der Waals surface area contributed by atoms with E-state index in [1.54, 1.807) is 44.2 Å². The van der Waals surface area contributed by atoms with E-state index in [2.05, 4.69) is 37.1 Å². The summed E-state index contributed by atoms with van der Waals surface area (Å²) in [6.07, 6.45) is 1.44. The number of urea groups is 1. The second-order valence-electron chi connectivity index (χ2n) is 9.21. The van der Waals surface area contributed by atoms with Crippen molar-refractivity contribution in [2.75, 3.05) is 26.9 Å². The Balaban J connectivity index is 1.68. The van der Waals surface area contributed by atoms with Crippen LogP contribution in [0.25, 0.3) is 0 Å². The standard InChI is InChI=1S/C29H35BrN4O8/c1-7-39-23-12-18(11-20(30)27(23)42-16(3)4)14-31-34-24(35)15-41-21-10-9-19(13-22(21)38-6)26-25(28(36)40-8-2)17(5)32-29(37)33-26/h9-14,16,26H,7-8,15H2,1-6H3,(H,34,35)(H2,32,33,37)/b31-14+/t26-/m0/s1. The highest BCUT2D eigenvalue weighted by Gasteiger charge is 2.32. The minimum absolute atomic E-state index is 0.0392. The number of hydrogen-bond donors (Lipinski definition) is 3. The summed E-state index contributed by atoms with van der Waals surface area (Å²) in [6.45, 7) is 9.34. The van der Waals surface area contributed by atoms with Crippen molar-refractivity contribution in [3.8, 4) is 23.0 Å². The van der Waals surface area contributed by atoms with Crippen molar-refractivity contribution in [3.05, 3.63) is 57.2 Å². The zero-order chi connectivity index (χ0) is 30.8. The van der Waals surface area contributed by atoms with Crippen LogP contribution >= 0.6 is 15.9 Å². The molecule has 0 saturated heterocycles. The summed E-state index contributed by atoms with van der Waals surface area (Å²) in [5, 5.41) is 9.33. The Kier molecular flexibility index (Phi) is 11.6. The highest BCUT2D eigenvalue weighted by atomic mass is 79.9. The van der Waals surface area contributed by atoms with Crippen LogP contribution < -0.4 is 35.0 Å². The molecule has 0 bridgehead atoms. The van der Waals surface area contributed by atoms with Crippen LogP contribution in [-0.4, -0.2) is 57.2 Å². The molecule has 3 rings (SSSR count). The van der Waals surface area contributed by atoms with E-state index >= 15 is 0 Å². The van der Waals surface area contributed by atoms with Crippen molar-refractivity contribution < 1.29 is 38.1 Å². The molecule has 0 aliphatic carbocycles. The van der Waals surface area contributed by atoms with E-state index in [1.165, 1.54) is 13.3 Å². The van der Waals surface area contributed by atoms with E-state index in [9.17, 15) is 14.4 Å². The van der Waals surface area contributed by atoms with Crippen LogP contribution in [0.4, 0.5) is 4.79 Å². The molecule has 0 aromatic heterocycles. The molecule has 1 atom stereocenters. The van der Waals surface area contributed by atoms with Gasteiger partial charge in [-0.25, -0.2) is 15.0 Å². The largest absolute Gasteiger partial charge is 0.493 e. The average molecular weight is 648 g/mol. The number of nitrogens with one attached hydrogen (secondary N) is 3. The molecule has 0 saturated carbocycles. The van der Waals surface area contributed by atoms with E-state index in [1.807, 2.05) is 20.8 Å². The number of amides is 3. The fourth-order valence-corrected chi connectivity index (χ4v) is 4.59. The Bertz CT molecular complexity index is 1380. The SMILES string of the molecule is CCOC(=O)C1=C(C)NC(=O)N[C@H]1c1ccc(OCC(=O)N/N=C/c2cc(Br)c(OC(C)C)c(OCC)c2)c(OC)c1. The van der Waals surface area contributed by atoms with Crippen molar-refractivity contribution >= 4 is 40.1 Å². The maximum atomic E-state index is 12.6. The number of rotatable bonds is 13. The van der Waals surface area contributed by atoms with E-state index in [-0.39, 0.29) is 30.6 Å². The molecule has 1 aliphatic rings. The first-order valence-electron chi connectivity index (χ1n) is 13.3. The van der Waals surface area contributed by atoms with Crippen LogP contribution in [0.1, 0.15) is 51.8 Å². The molecular weight excluding hydrogens is 612 g/mol. The smallest absolute Gasteiger partial charge is 0.338 e. The summed E-state index contributed by atoms with van der Waals surface area (Å²) in [7, 11) is 1.44. The molecule has 13 heteroatoms. The molecule has 226 valence electrons. The number of esters is 1. The number of hydrogen-bond acceptors (Lipinski definition) is 9. The summed E-state index contributed by atoms with van der Waals surface area (Å²) < 4.78 is 28.5. The van der Waals surface area contributed by atoms with Gasteiger partial charge in [0.2, 0.25) is 0 Å². The topological polar surface area (TPSA) is 146 Å². The van der Waals surface area contributed by atoms with Gasteiger partial charge in [-0.1, -0.05) is 6.07 Å². The van der Waals surface area contributed by atoms with Gasteiger partial charge in [0.1, 0.15) is 0 Å². The lowest BCUT2D eigenvalue weighted by Crippen LogP contribution is -2.45. The van der Waals surface area contributed by atoms with Gasteiger partial charge in [0.15, 0.2) is 29.6 Å². The van der Waals surface area contributed by atoms with Gasteiger partial charge in [-0.15, -0.1) is 0 Å². The number of nitrogens with zero attached hydrogens (tertiary/aromatic N) is 1. The summed E-state index contributed by atoms with van der Waals surface area (Å²) in [5.74, 6) is 0.670. The minimum atomic E-state index is -0.771. The molecule has 0 fully saturated rings. The first kappa shape index (κ1) is 32.3. The highest BCUT2D eigenvalue weighted by molar-refractivity contribution is 9.10. The lowest BCUT2D eigenvalue weighted by molar-refractivity contribution is -0.139. The quantitative estimate of drug-likeness (QED) is 0.165. The molecule has 1 aliphatic heterocycles. The number of hydrazone groups is 1. The summed E-state index contributed by atoms with van der Waals surface area (Å²) in [4.78, 5) is 37.2. The molecule has 12 nitrogen and oxygen atoms in total. The van der Waals surface area contributed by atoms with Gasteiger partial charge >= 0.3 is 12.0 Å². The highest BCUT2D eigenvalue weighted by Crippen LogP contribution is 2.37. The van der Waals surface area contributed by atoms with Gasteiger partial charge in [0.05, 0.1) is 48.7 Å². The van der Waals surface area contributed by atoms with Crippen molar-refractivity contribution in [1.82, 2.24) is 16.1 Å². The summed E-state index contributed by atoms with van der Waals surface area (Å²) in [6, 6.07) is 7.21.